The summed E-state index contributed by atoms with van der Waals surface area (Å²) in [6.07, 6.45) is 2.07. The first-order chi connectivity index (χ1) is 11.6. The number of carbonyl (C=O) groups excluding carboxylic acids is 2. The van der Waals surface area contributed by atoms with Crippen molar-refractivity contribution < 1.29 is 14.0 Å². The van der Waals surface area contributed by atoms with Gasteiger partial charge in [0.25, 0.3) is 0 Å². The van der Waals surface area contributed by atoms with Crippen molar-refractivity contribution in [2.24, 2.45) is 0 Å². The summed E-state index contributed by atoms with van der Waals surface area (Å²) >= 11 is 1.19. The Morgan fingerprint density at radius 3 is 2.96 bits per heavy atom. The van der Waals surface area contributed by atoms with Gasteiger partial charge in [-0.05, 0) is 25.0 Å². The molecule has 0 unspecified atom stereocenters. The van der Waals surface area contributed by atoms with E-state index in [0.29, 0.717) is 27.5 Å². The maximum atomic E-state index is 12.2. The van der Waals surface area contributed by atoms with Gasteiger partial charge in [0.2, 0.25) is 5.91 Å². The molecule has 0 aliphatic heterocycles. The van der Waals surface area contributed by atoms with Crippen molar-refractivity contribution in [1.29, 1.82) is 0 Å². The third-order valence-corrected chi connectivity index (χ3v) is 4.94. The number of carbonyl (C=O) groups is 2. The fourth-order valence-electron chi connectivity index (χ4n) is 2.79. The summed E-state index contributed by atoms with van der Waals surface area (Å²) < 4.78 is 6.37. The van der Waals surface area contributed by atoms with Gasteiger partial charge in [-0.3, -0.25) is 14.2 Å². The van der Waals surface area contributed by atoms with Crippen molar-refractivity contribution in [3.8, 4) is 0 Å². The Labute approximate surface area is 139 Å². The topological polar surface area (TPSA) is 94.2 Å². The lowest BCUT2D eigenvalue weighted by Crippen LogP contribution is -2.24. The first-order valence-corrected chi connectivity index (χ1v) is 8.34. The van der Waals surface area contributed by atoms with E-state index in [0.717, 1.165) is 18.5 Å². The Morgan fingerprint density at radius 1 is 1.29 bits per heavy atom. The van der Waals surface area contributed by atoms with E-state index in [1.807, 2.05) is 0 Å². The van der Waals surface area contributed by atoms with Crippen LogP contribution in [0, 0.1) is 0 Å². The van der Waals surface area contributed by atoms with Crippen LogP contribution in [0.2, 0.25) is 0 Å². The molecule has 1 N–H and O–H groups in total. The number of oxazole rings is 1. The van der Waals surface area contributed by atoms with Crippen LogP contribution in [0.1, 0.15) is 28.2 Å². The van der Waals surface area contributed by atoms with Crippen LogP contribution in [-0.2, 0) is 17.8 Å². The number of nitrogens with one attached hydrogen (secondary N) is 1. The number of para-hydroxylation sites is 2. The van der Waals surface area contributed by atoms with E-state index in [9.17, 15) is 14.4 Å². The van der Waals surface area contributed by atoms with E-state index >= 15 is 0 Å². The standard InChI is InChI=1S/C16H13N3O4S/c20-11-6-3-4-9-14(11)24-15(17-9)18-13(21)8-19-10-5-1-2-7-12(10)23-16(19)22/h1-2,5,7H,3-4,6,8H2,(H,17,18,21). The zero-order valence-electron chi connectivity index (χ0n) is 12.6. The average molecular weight is 343 g/mol. The average Bonchev–Trinajstić information content (AvgIpc) is 3.10. The van der Waals surface area contributed by atoms with Crippen LogP contribution in [0.3, 0.4) is 0 Å². The number of rotatable bonds is 3. The third kappa shape index (κ3) is 2.54. The lowest BCUT2D eigenvalue weighted by Gasteiger charge is -2.05. The number of nitrogens with zero attached hydrogens (tertiary/aromatic N) is 2. The van der Waals surface area contributed by atoms with Crippen molar-refractivity contribution in [1.82, 2.24) is 9.55 Å². The van der Waals surface area contributed by atoms with Gasteiger partial charge in [0.05, 0.1) is 16.1 Å². The van der Waals surface area contributed by atoms with Crippen LogP contribution in [0.5, 0.6) is 0 Å². The number of aromatic nitrogens is 2. The normalized spacial score (nSPS) is 13.9. The zero-order chi connectivity index (χ0) is 16.7. The molecular weight excluding hydrogens is 330 g/mol. The van der Waals surface area contributed by atoms with E-state index in [4.69, 9.17) is 4.42 Å². The van der Waals surface area contributed by atoms with Gasteiger partial charge in [-0.15, -0.1) is 0 Å². The van der Waals surface area contributed by atoms with Crippen LogP contribution < -0.4 is 11.1 Å². The first-order valence-electron chi connectivity index (χ1n) is 7.53. The maximum absolute atomic E-state index is 12.2. The number of aryl methyl sites for hydroxylation is 1. The number of benzene rings is 1. The molecule has 1 aliphatic carbocycles. The second-order valence-electron chi connectivity index (χ2n) is 5.54. The van der Waals surface area contributed by atoms with Crippen LogP contribution in [0.4, 0.5) is 5.13 Å². The molecule has 3 aromatic rings. The summed E-state index contributed by atoms with van der Waals surface area (Å²) in [5.41, 5.74) is 1.74. The monoisotopic (exact) mass is 343 g/mol. The summed E-state index contributed by atoms with van der Waals surface area (Å²) in [5, 5.41) is 3.05. The Balaban J connectivity index is 1.56. The van der Waals surface area contributed by atoms with Gasteiger partial charge in [0.1, 0.15) is 6.54 Å². The number of Topliss-reactive ketones (excluding diaryl/α,β-unsaturated/α-hetero) is 1. The number of thiazole rings is 1. The molecule has 0 bridgehead atoms. The number of amides is 1. The van der Waals surface area contributed by atoms with E-state index in [-0.39, 0.29) is 18.2 Å². The minimum atomic E-state index is -0.583. The molecule has 8 heteroatoms. The minimum Gasteiger partial charge on any atom is -0.408 e. The second kappa shape index (κ2) is 5.72. The fourth-order valence-corrected chi connectivity index (χ4v) is 3.78. The molecule has 2 aromatic heterocycles. The van der Waals surface area contributed by atoms with Crippen molar-refractivity contribution in [3.63, 3.8) is 0 Å². The SMILES string of the molecule is O=C(Cn1c(=O)oc2ccccc21)Nc1nc2c(s1)C(=O)CCC2. The molecule has 0 radical (unpaired) electrons. The molecule has 1 amide bonds. The first kappa shape index (κ1) is 14.8. The highest BCUT2D eigenvalue weighted by Crippen LogP contribution is 2.29. The molecule has 0 fully saturated rings. The lowest BCUT2D eigenvalue weighted by molar-refractivity contribution is -0.116. The Bertz CT molecular complexity index is 1010. The molecule has 24 heavy (non-hydrogen) atoms. The minimum absolute atomic E-state index is 0.0753. The summed E-state index contributed by atoms with van der Waals surface area (Å²) in [5.74, 6) is -0.895. The van der Waals surface area contributed by atoms with Gasteiger partial charge in [0.15, 0.2) is 16.5 Å². The van der Waals surface area contributed by atoms with Gasteiger partial charge in [-0.25, -0.2) is 9.78 Å². The summed E-state index contributed by atoms with van der Waals surface area (Å²) in [6.45, 7) is -0.173. The molecule has 4 rings (SSSR count). The molecule has 122 valence electrons. The molecule has 0 spiro atoms. The molecule has 0 atom stereocenters. The van der Waals surface area contributed by atoms with Crippen molar-refractivity contribution in [3.05, 3.63) is 45.4 Å². The number of hydrogen-bond acceptors (Lipinski definition) is 6. The highest BCUT2D eigenvalue weighted by Gasteiger charge is 2.23. The summed E-state index contributed by atoms with van der Waals surface area (Å²) in [7, 11) is 0. The number of hydrogen-bond donors (Lipinski definition) is 1. The predicted molar refractivity (Wildman–Crippen MR) is 88.5 cm³/mol. The van der Waals surface area contributed by atoms with Crippen LogP contribution in [0.25, 0.3) is 11.1 Å². The highest BCUT2D eigenvalue weighted by atomic mass is 32.1. The smallest absolute Gasteiger partial charge is 0.408 e. The third-order valence-electron chi connectivity index (χ3n) is 3.89. The van der Waals surface area contributed by atoms with Gasteiger partial charge in [0, 0.05) is 6.42 Å². The molecule has 0 saturated heterocycles. The van der Waals surface area contributed by atoms with E-state index < -0.39 is 5.76 Å². The largest absolute Gasteiger partial charge is 0.420 e. The van der Waals surface area contributed by atoms with Gasteiger partial charge in [-0.2, -0.15) is 0 Å². The van der Waals surface area contributed by atoms with E-state index in [1.54, 1.807) is 24.3 Å². The van der Waals surface area contributed by atoms with Gasteiger partial charge >= 0.3 is 5.76 Å². The van der Waals surface area contributed by atoms with Crippen molar-refractivity contribution in [2.75, 3.05) is 5.32 Å². The summed E-state index contributed by atoms with van der Waals surface area (Å²) in [6, 6.07) is 6.92. The molecule has 2 heterocycles. The van der Waals surface area contributed by atoms with Crippen molar-refractivity contribution in [2.45, 2.75) is 25.8 Å². The Morgan fingerprint density at radius 2 is 2.12 bits per heavy atom. The number of fused-ring (bicyclic) bond motifs is 2. The summed E-state index contributed by atoms with van der Waals surface area (Å²) in [4.78, 5) is 40.9. The van der Waals surface area contributed by atoms with Crippen LogP contribution in [0.15, 0.2) is 33.5 Å². The molecule has 7 nitrogen and oxygen atoms in total. The van der Waals surface area contributed by atoms with Crippen molar-refractivity contribution >= 4 is 39.3 Å². The molecule has 1 aromatic carbocycles. The predicted octanol–water partition coefficient (Wildman–Crippen LogP) is 2.21. The maximum Gasteiger partial charge on any atom is 0.420 e. The van der Waals surface area contributed by atoms with Gasteiger partial charge < -0.3 is 9.73 Å². The second-order valence-corrected chi connectivity index (χ2v) is 6.54. The van der Waals surface area contributed by atoms with E-state index in [1.165, 1.54) is 15.9 Å². The van der Waals surface area contributed by atoms with Crippen LogP contribution in [-0.4, -0.2) is 21.2 Å². The van der Waals surface area contributed by atoms with Crippen LogP contribution >= 0.6 is 11.3 Å². The zero-order valence-corrected chi connectivity index (χ0v) is 13.4. The molecule has 0 saturated carbocycles. The fraction of sp³-hybridized carbons (Fsp3) is 0.250. The number of anilines is 1. The highest BCUT2D eigenvalue weighted by molar-refractivity contribution is 7.17. The van der Waals surface area contributed by atoms with Gasteiger partial charge in [-0.1, -0.05) is 23.5 Å². The molecule has 1 aliphatic rings. The molecular formula is C16H13N3O4S. The Hall–Kier alpha value is -2.74. The Kier molecular flexibility index (Phi) is 3.53. The lowest BCUT2D eigenvalue weighted by atomic mass is 10.0. The number of ketones is 1. The quantitative estimate of drug-likeness (QED) is 0.787. The van der Waals surface area contributed by atoms with E-state index in [2.05, 4.69) is 10.3 Å².